The smallest absolute Gasteiger partial charge is 0.131 e. The quantitative estimate of drug-likeness (QED) is 0.734. The van der Waals surface area contributed by atoms with Crippen molar-refractivity contribution >= 4 is 5.69 Å². The lowest BCUT2D eigenvalue weighted by atomic mass is 10.0. The standard InChI is InChI=1S/C13H21N/c1-11(2)14(13(3,4)5)12-9-7-6-8-10-12/h6-11H,1-5H3/p+1. The predicted molar refractivity (Wildman–Crippen MR) is 62.0 cm³/mol. The molecule has 1 heteroatoms. The first-order valence-electron chi connectivity index (χ1n) is 5.35. The second-order valence-electron chi connectivity index (χ2n) is 5.18. The minimum atomic E-state index is 0.259. The van der Waals surface area contributed by atoms with E-state index < -0.39 is 0 Å². The normalized spacial score (nSPS) is 14.4. The van der Waals surface area contributed by atoms with Crippen LogP contribution in [0.3, 0.4) is 0 Å². The van der Waals surface area contributed by atoms with Crippen LogP contribution in [0, 0.1) is 0 Å². The zero-order chi connectivity index (χ0) is 10.8. The molecule has 0 aliphatic heterocycles. The van der Waals surface area contributed by atoms with Gasteiger partial charge in [0.25, 0.3) is 0 Å². The molecule has 14 heavy (non-hydrogen) atoms. The highest BCUT2D eigenvalue weighted by Crippen LogP contribution is 2.06. The van der Waals surface area contributed by atoms with E-state index >= 15 is 0 Å². The van der Waals surface area contributed by atoms with Crippen LogP contribution in [0.5, 0.6) is 0 Å². The van der Waals surface area contributed by atoms with Gasteiger partial charge in [0.15, 0.2) is 0 Å². The van der Waals surface area contributed by atoms with Crippen LogP contribution < -0.4 is 4.90 Å². The van der Waals surface area contributed by atoms with Gasteiger partial charge in [-0.25, -0.2) is 0 Å². The lowest BCUT2D eigenvalue weighted by Gasteiger charge is -2.35. The fraction of sp³-hybridized carbons (Fsp3) is 0.538. The van der Waals surface area contributed by atoms with E-state index in [1.807, 2.05) is 0 Å². The highest BCUT2D eigenvalue weighted by atomic mass is 15.2. The first kappa shape index (κ1) is 11.3. The number of para-hydroxylation sites is 1. The van der Waals surface area contributed by atoms with Crippen molar-refractivity contribution in [2.75, 3.05) is 0 Å². The lowest BCUT2D eigenvalue weighted by molar-refractivity contribution is -0.905. The maximum Gasteiger partial charge on any atom is 0.131 e. The number of benzene rings is 1. The van der Waals surface area contributed by atoms with Gasteiger partial charge in [-0.05, 0) is 46.8 Å². The van der Waals surface area contributed by atoms with Gasteiger partial charge in [0.05, 0.1) is 11.6 Å². The number of rotatable bonds is 2. The van der Waals surface area contributed by atoms with Gasteiger partial charge in [-0.1, -0.05) is 18.2 Å². The van der Waals surface area contributed by atoms with Crippen LogP contribution in [0.25, 0.3) is 0 Å². The maximum absolute atomic E-state index is 2.29. The average molecular weight is 192 g/mol. The first-order valence-corrected chi connectivity index (χ1v) is 5.35. The molecule has 0 saturated heterocycles. The largest absolute Gasteiger partial charge is 0.296 e. The van der Waals surface area contributed by atoms with Gasteiger partial charge in [0, 0.05) is 0 Å². The molecule has 1 N–H and O–H groups in total. The van der Waals surface area contributed by atoms with E-state index in [0.29, 0.717) is 6.04 Å². The summed E-state index contributed by atoms with van der Waals surface area (Å²) in [6, 6.07) is 11.3. The van der Waals surface area contributed by atoms with Crippen LogP contribution >= 0.6 is 0 Å². The van der Waals surface area contributed by atoms with E-state index in [2.05, 4.69) is 65.0 Å². The fourth-order valence-corrected chi connectivity index (χ4v) is 2.25. The Morgan fingerprint density at radius 3 is 1.86 bits per heavy atom. The summed E-state index contributed by atoms with van der Waals surface area (Å²) in [5.74, 6) is 0. The van der Waals surface area contributed by atoms with Crippen LogP contribution in [-0.2, 0) is 0 Å². The van der Waals surface area contributed by atoms with Crippen molar-refractivity contribution in [3.8, 4) is 0 Å². The van der Waals surface area contributed by atoms with Crippen molar-refractivity contribution in [2.24, 2.45) is 0 Å². The third-order valence-electron chi connectivity index (χ3n) is 2.47. The van der Waals surface area contributed by atoms with Crippen LogP contribution in [-0.4, -0.2) is 11.6 Å². The monoisotopic (exact) mass is 192 g/mol. The molecule has 0 bridgehead atoms. The molecular formula is C13H22N+. The van der Waals surface area contributed by atoms with Crippen LogP contribution in [0.1, 0.15) is 34.6 Å². The summed E-state index contributed by atoms with van der Waals surface area (Å²) in [7, 11) is 0. The van der Waals surface area contributed by atoms with Crippen molar-refractivity contribution in [3.05, 3.63) is 30.3 Å². The van der Waals surface area contributed by atoms with Gasteiger partial charge in [-0.2, -0.15) is 0 Å². The molecule has 1 aromatic rings. The molecule has 1 atom stereocenters. The molecule has 1 rings (SSSR count). The van der Waals surface area contributed by atoms with Crippen LogP contribution in [0.4, 0.5) is 5.69 Å². The summed E-state index contributed by atoms with van der Waals surface area (Å²) in [6.07, 6.45) is 0. The molecule has 0 amide bonds. The Balaban J connectivity index is 3.02. The van der Waals surface area contributed by atoms with E-state index in [1.165, 1.54) is 10.6 Å². The molecular weight excluding hydrogens is 170 g/mol. The molecule has 0 radical (unpaired) electrons. The number of hydrogen-bond donors (Lipinski definition) is 1. The van der Waals surface area contributed by atoms with Crippen molar-refractivity contribution in [2.45, 2.75) is 46.2 Å². The molecule has 78 valence electrons. The van der Waals surface area contributed by atoms with Crippen LogP contribution in [0.2, 0.25) is 0 Å². The number of quaternary nitrogens is 1. The van der Waals surface area contributed by atoms with Gasteiger partial charge in [0.1, 0.15) is 5.69 Å². The van der Waals surface area contributed by atoms with Gasteiger partial charge in [0.2, 0.25) is 0 Å². The Labute approximate surface area is 87.7 Å². The molecule has 1 aromatic carbocycles. The van der Waals surface area contributed by atoms with E-state index in [1.54, 1.807) is 0 Å². The molecule has 1 nitrogen and oxygen atoms in total. The van der Waals surface area contributed by atoms with E-state index in [4.69, 9.17) is 0 Å². The third-order valence-corrected chi connectivity index (χ3v) is 2.47. The van der Waals surface area contributed by atoms with E-state index in [-0.39, 0.29) is 5.54 Å². The summed E-state index contributed by atoms with van der Waals surface area (Å²) >= 11 is 0. The zero-order valence-corrected chi connectivity index (χ0v) is 9.96. The van der Waals surface area contributed by atoms with Gasteiger partial charge >= 0.3 is 0 Å². The Hall–Kier alpha value is -0.820. The number of nitrogens with one attached hydrogen (secondary N) is 1. The summed E-state index contributed by atoms with van der Waals surface area (Å²) in [5, 5.41) is 0. The second kappa shape index (κ2) is 4.14. The number of hydrogen-bond acceptors (Lipinski definition) is 0. The molecule has 0 saturated carbocycles. The van der Waals surface area contributed by atoms with Crippen molar-refractivity contribution in [1.29, 1.82) is 0 Å². The molecule has 0 spiro atoms. The van der Waals surface area contributed by atoms with Gasteiger partial charge < -0.3 is 0 Å². The van der Waals surface area contributed by atoms with Crippen LogP contribution in [0.15, 0.2) is 30.3 Å². The molecule has 0 heterocycles. The van der Waals surface area contributed by atoms with E-state index in [9.17, 15) is 0 Å². The zero-order valence-electron chi connectivity index (χ0n) is 9.96. The Morgan fingerprint density at radius 1 is 1.00 bits per heavy atom. The summed E-state index contributed by atoms with van der Waals surface area (Å²) in [6.45, 7) is 11.4. The Morgan fingerprint density at radius 2 is 1.50 bits per heavy atom. The van der Waals surface area contributed by atoms with Gasteiger partial charge in [-0.3, -0.25) is 4.90 Å². The van der Waals surface area contributed by atoms with E-state index in [0.717, 1.165) is 0 Å². The summed E-state index contributed by atoms with van der Waals surface area (Å²) in [5.41, 5.74) is 1.64. The summed E-state index contributed by atoms with van der Waals surface area (Å²) in [4.78, 5) is 1.54. The van der Waals surface area contributed by atoms with Crippen molar-refractivity contribution in [3.63, 3.8) is 0 Å². The third kappa shape index (κ3) is 2.58. The minimum absolute atomic E-state index is 0.259. The Bertz CT molecular complexity index is 269. The highest BCUT2D eigenvalue weighted by molar-refractivity contribution is 5.28. The average Bonchev–Trinajstić information content (AvgIpc) is 2.02. The maximum atomic E-state index is 2.29. The second-order valence-corrected chi connectivity index (χ2v) is 5.18. The fourth-order valence-electron chi connectivity index (χ4n) is 2.25. The first-order chi connectivity index (χ1) is 6.43. The lowest BCUT2D eigenvalue weighted by Crippen LogP contribution is -3.17. The van der Waals surface area contributed by atoms with Crippen molar-refractivity contribution in [1.82, 2.24) is 0 Å². The molecule has 0 aliphatic carbocycles. The molecule has 0 fully saturated rings. The highest BCUT2D eigenvalue weighted by Gasteiger charge is 2.29. The minimum Gasteiger partial charge on any atom is -0.296 e. The summed E-state index contributed by atoms with van der Waals surface area (Å²) < 4.78 is 0. The molecule has 1 unspecified atom stereocenters. The Kier molecular flexibility index (Phi) is 3.33. The van der Waals surface area contributed by atoms with Crippen molar-refractivity contribution < 1.29 is 4.90 Å². The van der Waals surface area contributed by atoms with Gasteiger partial charge in [-0.15, -0.1) is 0 Å². The predicted octanol–water partition coefficient (Wildman–Crippen LogP) is 2.41. The molecule has 0 aromatic heterocycles. The molecule has 0 aliphatic rings. The SMILES string of the molecule is CC(C)[NH+](c1ccccc1)C(C)(C)C. The topological polar surface area (TPSA) is 4.44 Å².